The van der Waals surface area contributed by atoms with Crippen molar-refractivity contribution in [3.63, 3.8) is 0 Å². The maximum Gasteiger partial charge on any atom is 0.0793 e. The summed E-state index contributed by atoms with van der Waals surface area (Å²) in [6.07, 6.45) is 2.07. The Hall–Kier alpha value is -1.15. The Morgan fingerprint density at radius 1 is 1.07 bits per heavy atom. The van der Waals surface area contributed by atoms with E-state index in [1.807, 2.05) is 0 Å². The summed E-state index contributed by atoms with van der Waals surface area (Å²) in [4.78, 5) is 1.29. The van der Waals surface area contributed by atoms with Crippen LogP contribution in [0.4, 0.5) is 0 Å². The van der Waals surface area contributed by atoms with E-state index in [9.17, 15) is 0 Å². The van der Waals surface area contributed by atoms with E-state index >= 15 is 0 Å². The van der Waals surface area contributed by atoms with E-state index in [0.717, 1.165) is 0 Å². The predicted octanol–water partition coefficient (Wildman–Crippen LogP) is 3.48. The SMILES string of the molecule is Cc1ccc(Sc2cccn2C)cc1. The van der Waals surface area contributed by atoms with Crippen LogP contribution in [0.5, 0.6) is 0 Å². The summed E-state index contributed by atoms with van der Waals surface area (Å²) >= 11 is 1.79. The minimum Gasteiger partial charge on any atom is -0.346 e. The third-order valence-electron chi connectivity index (χ3n) is 2.14. The van der Waals surface area contributed by atoms with E-state index < -0.39 is 0 Å². The lowest BCUT2D eigenvalue weighted by Crippen LogP contribution is -1.86. The first kappa shape index (κ1) is 9.41. The third-order valence-corrected chi connectivity index (χ3v) is 3.28. The highest BCUT2D eigenvalue weighted by molar-refractivity contribution is 7.99. The molecule has 1 aromatic heterocycles. The molecule has 1 aromatic carbocycles. The fraction of sp³-hybridized carbons (Fsp3) is 0.167. The topological polar surface area (TPSA) is 4.93 Å². The molecule has 0 atom stereocenters. The lowest BCUT2D eigenvalue weighted by atomic mass is 10.2. The molecule has 1 nitrogen and oxygen atoms in total. The van der Waals surface area contributed by atoms with Gasteiger partial charge in [0.25, 0.3) is 0 Å². The Bertz CT molecular complexity index is 414. The summed E-state index contributed by atoms with van der Waals surface area (Å²) in [6.45, 7) is 2.11. The zero-order valence-electron chi connectivity index (χ0n) is 8.40. The summed E-state index contributed by atoms with van der Waals surface area (Å²) in [6, 6.07) is 12.8. The van der Waals surface area contributed by atoms with Gasteiger partial charge in [-0.05, 0) is 31.2 Å². The fourth-order valence-electron chi connectivity index (χ4n) is 1.28. The summed E-state index contributed by atoms with van der Waals surface area (Å²) in [7, 11) is 2.07. The van der Waals surface area contributed by atoms with E-state index in [2.05, 4.69) is 61.1 Å². The van der Waals surface area contributed by atoms with Crippen molar-refractivity contribution in [3.8, 4) is 0 Å². The molecular formula is C12H13NS. The number of nitrogens with zero attached hydrogens (tertiary/aromatic N) is 1. The van der Waals surface area contributed by atoms with Crippen molar-refractivity contribution in [1.82, 2.24) is 4.57 Å². The molecule has 0 N–H and O–H groups in total. The monoisotopic (exact) mass is 203 g/mol. The number of aromatic nitrogens is 1. The molecule has 0 spiro atoms. The quantitative estimate of drug-likeness (QED) is 0.723. The molecule has 0 aliphatic rings. The minimum atomic E-state index is 1.27. The van der Waals surface area contributed by atoms with Crippen LogP contribution in [0.1, 0.15) is 5.56 Å². The van der Waals surface area contributed by atoms with Gasteiger partial charge in [0.05, 0.1) is 5.03 Å². The number of rotatable bonds is 2. The Balaban J connectivity index is 2.19. The van der Waals surface area contributed by atoms with Crippen molar-refractivity contribution in [1.29, 1.82) is 0 Å². The maximum atomic E-state index is 2.16. The molecule has 0 bridgehead atoms. The van der Waals surface area contributed by atoms with Crippen LogP contribution in [-0.2, 0) is 7.05 Å². The van der Waals surface area contributed by atoms with Crippen molar-refractivity contribution in [3.05, 3.63) is 48.2 Å². The van der Waals surface area contributed by atoms with Crippen molar-refractivity contribution < 1.29 is 0 Å². The number of aryl methyl sites for hydroxylation is 2. The van der Waals surface area contributed by atoms with Crippen molar-refractivity contribution in [2.24, 2.45) is 7.05 Å². The van der Waals surface area contributed by atoms with Gasteiger partial charge >= 0.3 is 0 Å². The van der Waals surface area contributed by atoms with Crippen LogP contribution >= 0.6 is 11.8 Å². The molecule has 2 heteroatoms. The molecule has 0 radical (unpaired) electrons. The molecule has 1 heterocycles. The van der Waals surface area contributed by atoms with Crippen LogP contribution in [0.15, 0.2) is 52.5 Å². The first-order valence-corrected chi connectivity index (χ1v) is 5.43. The van der Waals surface area contributed by atoms with Gasteiger partial charge in [0.15, 0.2) is 0 Å². The average molecular weight is 203 g/mol. The fourth-order valence-corrected chi connectivity index (χ4v) is 2.14. The summed E-state index contributed by atoms with van der Waals surface area (Å²) in [5.74, 6) is 0. The Morgan fingerprint density at radius 3 is 2.36 bits per heavy atom. The number of hydrogen-bond acceptors (Lipinski definition) is 1. The van der Waals surface area contributed by atoms with Gasteiger partial charge in [-0.3, -0.25) is 0 Å². The predicted molar refractivity (Wildman–Crippen MR) is 60.7 cm³/mol. The first-order valence-electron chi connectivity index (χ1n) is 4.61. The van der Waals surface area contributed by atoms with Gasteiger partial charge in [0.2, 0.25) is 0 Å². The third kappa shape index (κ3) is 2.02. The first-order chi connectivity index (χ1) is 6.75. The Labute approximate surface area is 88.8 Å². The highest BCUT2D eigenvalue weighted by Gasteiger charge is 1.99. The lowest BCUT2D eigenvalue weighted by molar-refractivity contribution is 0.829. The number of hydrogen-bond donors (Lipinski definition) is 0. The molecule has 0 fully saturated rings. The average Bonchev–Trinajstić information content (AvgIpc) is 2.56. The van der Waals surface area contributed by atoms with E-state index in [0.29, 0.717) is 0 Å². The van der Waals surface area contributed by atoms with Gasteiger partial charge in [0, 0.05) is 18.1 Å². The Morgan fingerprint density at radius 2 is 1.79 bits per heavy atom. The second-order valence-corrected chi connectivity index (χ2v) is 4.47. The molecule has 0 unspecified atom stereocenters. The van der Waals surface area contributed by atoms with Crippen LogP contribution in [0, 0.1) is 6.92 Å². The summed E-state index contributed by atoms with van der Waals surface area (Å²) < 4.78 is 2.13. The minimum absolute atomic E-state index is 1.27. The smallest absolute Gasteiger partial charge is 0.0793 e. The second kappa shape index (κ2) is 3.93. The van der Waals surface area contributed by atoms with Crippen molar-refractivity contribution in [2.45, 2.75) is 16.8 Å². The molecule has 2 rings (SSSR count). The molecule has 0 aliphatic heterocycles. The zero-order valence-corrected chi connectivity index (χ0v) is 9.21. The van der Waals surface area contributed by atoms with Gasteiger partial charge in [-0.15, -0.1) is 0 Å². The highest BCUT2D eigenvalue weighted by Crippen LogP contribution is 2.27. The highest BCUT2D eigenvalue weighted by atomic mass is 32.2. The van der Waals surface area contributed by atoms with Crippen LogP contribution in [0.3, 0.4) is 0 Å². The molecule has 0 saturated carbocycles. The second-order valence-electron chi connectivity index (χ2n) is 3.37. The van der Waals surface area contributed by atoms with Gasteiger partial charge in [-0.25, -0.2) is 0 Å². The molecule has 0 amide bonds. The van der Waals surface area contributed by atoms with E-state index in [-0.39, 0.29) is 0 Å². The number of benzene rings is 1. The van der Waals surface area contributed by atoms with Crippen molar-refractivity contribution >= 4 is 11.8 Å². The largest absolute Gasteiger partial charge is 0.346 e. The summed E-state index contributed by atoms with van der Waals surface area (Å²) in [5.41, 5.74) is 1.31. The van der Waals surface area contributed by atoms with E-state index in [1.165, 1.54) is 15.5 Å². The van der Waals surface area contributed by atoms with Crippen LogP contribution < -0.4 is 0 Å². The zero-order chi connectivity index (χ0) is 9.97. The Kier molecular flexibility index (Phi) is 2.64. The van der Waals surface area contributed by atoms with Crippen molar-refractivity contribution in [2.75, 3.05) is 0 Å². The van der Waals surface area contributed by atoms with Crippen LogP contribution in [-0.4, -0.2) is 4.57 Å². The van der Waals surface area contributed by atoms with Gasteiger partial charge in [-0.2, -0.15) is 0 Å². The van der Waals surface area contributed by atoms with Crippen LogP contribution in [0.2, 0.25) is 0 Å². The van der Waals surface area contributed by atoms with E-state index in [4.69, 9.17) is 0 Å². The molecule has 72 valence electrons. The summed E-state index contributed by atoms with van der Waals surface area (Å²) in [5, 5.41) is 1.27. The van der Waals surface area contributed by atoms with Gasteiger partial charge in [-0.1, -0.05) is 29.5 Å². The molecule has 2 aromatic rings. The molecular weight excluding hydrogens is 190 g/mol. The lowest BCUT2D eigenvalue weighted by Gasteiger charge is -2.02. The van der Waals surface area contributed by atoms with E-state index in [1.54, 1.807) is 11.8 Å². The molecule has 0 aliphatic carbocycles. The molecule has 14 heavy (non-hydrogen) atoms. The standard InChI is InChI=1S/C12H13NS/c1-10-5-7-11(8-6-10)14-12-4-3-9-13(12)2/h3-9H,1-2H3. The van der Waals surface area contributed by atoms with Gasteiger partial charge < -0.3 is 4.57 Å². The van der Waals surface area contributed by atoms with Crippen LogP contribution in [0.25, 0.3) is 0 Å². The normalized spacial score (nSPS) is 10.4. The molecule has 0 saturated heterocycles. The maximum absolute atomic E-state index is 2.16. The van der Waals surface area contributed by atoms with Gasteiger partial charge in [0.1, 0.15) is 0 Å².